The largest absolute Gasteiger partial charge is 0.377 e. The Hall–Kier alpha value is -2.39. The maximum atomic E-state index is 12.8. The van der Waals surface area contributed by atoms with Gasteiger partial charge in [0.1, 0.15) is 23.9 Å². The second-order valence-electron chi connectivity index (χ2n) is 7.05. The molecule has 2 atom stereocenters. The average molecular weight is 358 g/mol. The second kappa shape index (κ2) is 7.08. The van der Waals surface area contributed by atoms with E-state index in [1.165, 1.54) is 6.20 Å². The maximum absolute atomic E-state index is 12.8. The molecule has 26 heavy (non-hydrogen) atoms. The molecule has 4 heterocycles. The van der Waals surface area contributed by atoms with Crippen molar-refractivity contribution in [1.29, 1.82) is 0 Å². The van der Waals surface area contributed by atoms with E-state index in [9.17, 15) is 4.79 Å². The number of amides is 1. The Labute approximate surface area is 151 Å². The van der Waals surface area contributed by atoms with Crippen molar-refractivity contribution in [3.8, 4) is 0 Å². The molecule has 2 aliphatic heterocycles. The van der Waals surface area contributed by atoms with Gasteiger partial charge < -0.3 is 18.9 Å². The van der Waals surface area contributed by atoms with Crippen molar-refractivity contribution in [3.05, 3.63) is 36.4 Å². The summed E-state index contributed by atoms with van der Waals surface area (Å²) in [5.41, 5.74) is 0.669. The van der Waals surface area contributed by atoms with E-state index in [1.807, 2.05) is 11.5 Å². The fraction of sp³-hybridized carbons (Fsp3) is 0.588. The highest BCUT2D eigenvalue weighted by Crippen LogP contribution is 2.33. The van der Waals surface area contributed by atoms with Gasteiger partial charge >= 0.3 is 0 Å². The van der Waals surface area contributed by atoms with Gasteiger partial charge in [-0.15, -0.1) is 10.2 Å². The van der Waals surface area contributed by atoms with E-state index in [2.05, 4.69) is 20.2 Å². The van der Waals surface area contributed by atoms with Crippen LogP contribution < -0.4 is 0 Å². The smallest absolute Gasteiger partial charge is 0.274 e. The fourth-order valence-electron chi connectivity index (χ4n) is 3.62. The summed E-state index contributed by atoms with van der Waals surface area (Å²) in [6.45, 7) is 5.29. The summed E-state index contributed by atoms with van der Waals surface area (Å²) in [7, 11) is 0. The number of hydrogen-bond acceptors (Lipinski definition) is 7. The lowest BCUT2D eigenvalue weighted by atomic mass is 9.94. The Morgan fingerprint density at radius 3 is 2.92 bits per heavy atom. The zero-order chi connectivity index (χ0) is 18.0. The Bertz CT molecular complexity index is 750. The van der Waals surface area contributed by atoms with Gasteiger partial charge in [0.2, 0.25) is 0 Å². The predicted octanol–water partition coefficient (Wildman–Crippen LogP) is 0.324. The quantitative estimate of drug-likeness (QED) is 0.780. The summed E-state index contributed by atoms with van der Waals surface area (Å²) >= 11 is 0. The number of nitrogens with zero attached hydrogens (tertiary/aromatic N) is 6. The highest BCUT2D eigenvalue weighted by molar-refractivity contribution is 5.92. The third-order valence-corrected chi connectivity index (χ3v) is 4.86. The van der Waals surface area contributed by atoms with E-state index in [1.54, 1.807) is 23.8 Å². The minimum Gasteiger partial charge on any atom is -0.377 e. The van der Waals surface area contributed by atoms with Gasteiger partial charge in [-0.2, -0.15) is 0 Å². The molecule has 1 spiro atoms. The Balaban J connectivity index is 1.45. The van der Waals surface area contributed by atoms with E-state index in [-0.39, 0.29) is 5.91 Å². The molecule has 0 saturated carbocycles. The van der Waals surface area contributed by atoms with Crippen molar-refractivity contribution in [2.45, 2.75) is 25.5 Å². The van der Waals surface area contributed by atoms with Crippen molar-refractivity contribution in [3.63, 3.8) is 0 Å². The molecule has 2 fully saturated rings. The van der Waals surface area contributed by atoms with Crippen LogP contribution in [-0.2, 0) is 16.0 Å². The van der Waals surface area contributed by atoms with Crippen LogP contribution in [0.1, 0.15) is 22.6 Å². The van der Waals surface area contributed by atoms with Crippen molar-refractivity contribution in [1.82, 2.24) is 29.6 Å². The van der Waals surface area contributed by atoms with Crippen LogP contribution in [0.2, 0.25) is 0 Å². The van der Waals surface area contributed by atoms with Crippen LogP contribution in [0.4, 0.5) is 0 Å². The third kappa shape index (κ3) is 3.58. The minimum absolute atomic E-state index is 0.131. The van der Waals surface area contributed by atoms with Gasteiger partial charge in [-0.05, 0) is 13.3 Å². The summed E-state index contributed by atoms with van der Waals surface area (Å²) in [4.78, 5) is 23.0. The molecule has 0 N–H and O–H groups in total. The number of carbonyl (C=O) groups is 1. The molecular formula is C17H22N6O3. The lowest BCUT2D eigenvalue weighted by molar-refractivity contribution is -0.0539. The Morgan fingerprint density at radius 2 is 2.15 bits per heavy atom. The van der Waals surface area contributed by atoms with Gasteiger partial charge in [-0.25, -0.2) is 4.98 Å². The van der Waals surface area contributed by atoms with Crippen LogP contribution in [0.3, 0.4) is 0 Å². The van der Waals surface area contributed by atoms with E-state index >= 15 is 0 Å². The highest BCUT2D eigenvalue weighted by Gasteiger charge is 2.44. The molecule has 2 aromatic heterocycles. The molecule has 0 radical (unpaired) electrons. The van der Waals surface area contributed by atoms with Crippen LogP contribution >= 0.6 is 0 Å². The van der Waals surface area contributed by atoms with Gasteiger partial charge in [0, 0.05) is 25.2 Å². The number of aryl methyl sites for hydroxylation is 1. The number of hydrogen-bond donors (Lipinski definition) is 0. The van der Waals surface area contributed by atoms with E-state index in [0.717, 1.165) is 18.7 Å². The van der Waals surface area contributed by atoms with Crippen LogP contribution in [-0.4, -0.2) is 74.1 Å². The van der Waals surface area contributed by atoms with Gasteiger partial charge in [-0.3, -0.25) is 9.78 Å². The van der Waals surface area contributed by atoms with Crippen LogP contribution in [0, 0.1) is 12.8 Å². The van der Waals surface area contributed by atoms with Crippen molar-refractivity contribution >= 4 is 5.91 Å². The first-order valence-corrected chi connectivity index (χ1v) is 8.76. The van der Waals surface area contributed by atoms with Crippen molar-refractivity contribution < 1.29 is 14.3 Å². The fourth-order valence-corrected chi connectivity index (χ4v) is 3.62. The molecular weight excluding hydrogens is 336 g/mol. The Morgan fingerprint density at radius 1 is 1.31 bits per heavy atom. The SMILES string of the molecule is Cc1cnc(C(=O)N2CCOC[C@@]3(C[C@@H](Cn4cnnc4)CO3)C2)cn1. The van der Waals surface area contributed by atoms with Crippen LogP contribution in [0.15, 0.2) is 25.0 Å². The summed E-state index contributed by atoms with van der Waals surface area (Å²) in [6, 6.07) is 0. The van der Waals surface area contributed by atoms with Gasteiger partial charge in [0.05, 0.1) is 38.3 Å². The predicted molar refractivity (Wildman–Crippen MR) is 90.3 cm³/mol. The first-order chi connectivity index (χ1) is 12.6. The van der Waals surface area contributed by atoms with Crippen molar-refractivity contribution in [2.75, 3.05) is 32.9 Å². The number of rotatable bonds is 3. The van der Waals surface area contributed by atoms with E-state index in [0.29, 0.717) is 44.5 Å². The molecule has 1 amide bonds. The molecule has 2 saturated heterocycles. The lowest BCUT2D eigenvalue weighted by Crippen LogP contribution is -2.46. The van der Waals surface area contributed by atoms with E-state index < -0.39 is 5.60 Å². The summed E-state index contributed by atoms with van der Waals surface area (Å²) < 4.78 is 13.9. The maximum Gasteiger partial charge on any atom is 0.274 e. The number of ether oxygens (including phenoxy) is 2. The second-order valence-corrected chi connectivity index (χ2v) is 7.05. The summed E-state index contributed by atoms with van der Waals surface area (Å²) in [5.74, 6) is 0.206. The highest BCUT2D eigenvalue weighted by atomic mass is 16.5. The molecule has 0 bridgehead atoms. The number of aromatic nitrogens is 5. The molecule has 0 unspecified atom stereocenters. The topological polar surface area (TPSA) is 95.3 Å². The molecule has 0 aliphatic carbocycles. The van der Waals surface area contributed by atoms with E-state index in [4.69, 9.17) is 9.47 Å². The molecule has 9 heteroatoms. The van der Waals surface area contributed by atoms with Crippen LogP contribution in [0.5, 0.6) is 0 Å². The van der Waals surface area contributed by atoms with Crippen LogP contribution in [0.25, 0.3) is 0 Å². The van der Waals surface area contributed by atoms with Gasteiger partial charge in [-0.1, -0.05) is 0 Å². The molecule has 4 rings (SSSR count). The summed E-state index contributed by atoms with van der Waals surface area (Å²) in [5, 5.41) is 7.68. The first-order valence-electron chi connectivity index (χ1n) is 8.76. The number of carbonyl (C=O) groups excluding carboxylic acids is 1. The Kier molecular flexibility index (Phi) is 4.64. The summed E-state index contributed by atoms with van der Waals surface area (Å²) in [6.07, 6.45) is 7.38. The molecule has 9 nitrogen and oxygen atoms in total. The standard InChI is InChI=1S/C17H22N6O3/c1-13-5-19-15(6-18-13)16(24)23-2-3-25-10-17(9-23)4-14(8-26-17)7-22-11-20-21-12-22/h5-6,11-12,14H,2-4,7-10H2,1H3/t14-,17+/m0/s1. The molecule has 0 aromatic carbocycles. The minimum atomic E-state index is -0.469. The normalized spacial score (nSPS) is 26.2. The first kappa shape index (κ1) is 17.0. The van der Waals surface area contributed by atoms with Gasteiger partial charge in [0.25, 0.3) is 5.91 Å². The monoisotopic (exact) mass is 358 g/mol. The van der Waals surface area contributed by atoms with Crippen molar-refractivity contribution in [2.24, 2.45) is 5.92 Å². The third-order valence-electron chi connectivity index (χ3n) is 4.86. The molecule has 2 aliphatic rings. The molecule has 2 aromatic rings. The lowest BCUT2D eigenvalue weighted by Gasteiger charge is -2.31. The molecule has 138 valence electrons. The van der Waals surface area contributed by atoms with Gasteiger partial charge in [0.15, 0.2) is 0 Å². The average Bonchev–Trinajstić information content (AvgIpc) is 3.23. The zero-order valence-corrected chi connectivity index (χ0v) is 14.7. The zero-order valence-electron chi connectivity index (χ0n) is 14.7.